The van der Waals surface area contributed by atoms with Crippen LogP contribution in [-0.4, -0.2) is 37.5 Å². The number of non-ortho nitro benzene ring substituents is 1. The van der Waals surface area contributed by atoms with Crippen LogP contribution in [-0.2, 0) is 6.54 Å². The summed E-state index contributed by atoms with van der Waals surface area (Å²) in [7, 11) is 1.72. The number of hydrogen-bond acceptors (Lipinski definition) is 4. The minimum atomic E-state index is -0.463. The van der Waals surface area contributed by atoms with Gasteiger partial charge in [0.05, 0.1) is 21.9 Å². The molecule has 0 aliphatic heterocycles. The zero-order chi connectivity index (χ0) is 21.4. The monoisotopic (exact) mass is 403 g/mol. The van der Waals surface area contributed by atoms with Gasteiger partial charge in [0.1, 0.15) is 0 Å². The lowest BCUT2D eigenvalue weighted by atomic mass is 10.1. The number of nitrogens with zero attached hydrogens (tertiary/aromatic N) is 4. The molecule has 4 rings (SSSR count). The number of nitro groups is 1. The third kappa shape index (κ3) is 3.32. The largest absolute Gasteiger partial charge is 0.360 e. The van der Waals surface area contributed by atoms with Gasteiger partial charge in [0.15, 0.2) is 0 Å². The Morgan fingerprint density at radius 1 is 1.20 bits per heavy atom. The number of nitro benzene ring substituents is 1. The number of fused-ring (bicyclic) bond motifs is 1. The molecule has 0 saturated heterocycles. The topological polar surface area (TPSA) is 97.1 Å². The van der Waals surface area contributed by atoms with Gasteiger partial charge in [-0.3, -0.25) is 14.9 Å². The van der Waals surface area contributed by atoms with Crippen LogP contribution >= 0.6 is 0 Å². The van der Waals surface area contributed by atoms with E-state index in [1.165, 1.54) is 12.1 Å². The highest BCUT2D eigenvalue weighted by Gasteiger charge is 2.21. The Morgan fingerprint density at radius 3 is 2.63 bits per heavy atom. The number of amides is 1. The Labute approximate surface area is 172 Å². The van der Waals surface area contributed by atoms with Gasteiger partial charge < -0.3 is 9.88 Å². The molecule has 0 radical (unpaired) electrons. The highest BCUT2D eigenvalue weighted by Crippen LogP contribution is 2.26. The molecule has 2 aromatic heterocycles. The first kappa shape index (κ1) is 19.4. The van der Waals surface area contributed by atoms with Crippen LogP contribution in [0.25, 0.3) is 16.6 Å². The molecule has 0 unspecified atom stereocenters. The number of rotatable bonds is 5. The van der Waals surface area contributed by atoms with Gasteiger partial charge in [-0.2, -0.15) is 5.10 Å². The molecule has 1 amide bonds. The standard InChI is InChI=1S/C22H21N5O3/c1-14-20(15(2)26(24-14)16-7-5-4-6-8-16)13-25(3)22(28)19-12-23-21-10-9-17(27(29)30)11-18(19)21/h4-12,23H,13H2,1-3H3. The Bertz CT molecular complexity index is 1260. The number of aryl methyl sites for hydroxylation is 1. The molecule has 0 bridgehead atoms. The predicted molar refractivity (Wildman–Crippen MR) is 114 cm³/mol. The van der Waals surface area contributed by atoms with E-state index in [2.05, 4.69) is 10.1 Å². The lowest BCUT2D eigenvalue weighted by molar-refractivity contribution is -0.384. The number of benzene rings is 2. The molecule has 8 nitrogen and oxygen atoms in total. The summed E-state index contributed by atoms with van der Waals surface area (Å²) in [5, 5.41) is 16.3. The van der Waals surface area contributed by atoms with E-state index in [0.717, 1.165) is 22.6 Å². The van der Waals surface area contributed by atoms with Crippen LogP contribution in [0.4, 0.5) is 5.69 Å². The van der Waals surface area contributed by atoms with Crippen LogP contribution in [0.15, 0.2) is 54.7 Å². The molecule has 8 heteroatoms. The number of nitrogens with one attached hydrogen (secondary N) is 1. The molecule has 0 spiro atoms. The summed E-state index contributed by atoms with van der Waals surface area (Å²) >= 11 is 0. The number of aromatic amines is 1. The minimum absolute atomic E-state index is 0.0466. The Hall–Kier alpha value is -3.94. The quantitative estimate of drug-likeness (QED) is 0.400. The second-order valence-electron chi connectivity index (χ2n) is 7.25. The number of aromatic nitrogens is 3. The van der Waals surface area contributed by atoms with Crippen molar-refractivity contribution in [3.63, 3.8) is 0 Å². The summed E-state index contributed by atoms with van der Waals surface area (Å²) < 4.78 is 1.87. The van der Waals surface area contributed by atoms with E-state index in [0.29, 0.717) is 23.0 Å². The van der Waals surface area contributed by atoms with Crippen molar-refractivity contribution in [2.45, 2.75) is 20.4 Å². The van der Waals surface area contributed by atoms with Crippen molar-refractivity contribution in [3.05, 3.63) is 87.4 Å². The first-order valence-corrected chi connectivity index (χ1v) is 9.48. The lowest BCUT2D eigenvalue weighted by Crippen LogP contribution is -2.26. The van der Waals surface area contributed by atoms with Gasteiger partial charge in [-0.15, -0.1) is 0 Å². The van der Waals surface area contributed by atoms with Crippen LogP contribution in [0.5, 0.6) is 0 Å². The molecule has 0 aliphatic carbocycles. The Balaban J connectivity index is 1.64. The van der Waals surface area contributed by atoms with Gasteiger partial charge in [-0.05, 0) is 32.0 Å². The summed E-state index contributed by atoms with van der Waals surface area (Å²) in [4.78, 5) is 28.4. The maximum Gasteiger partial charge on any atom is 0.270 e. The predicted octanol–water partition coefficient (Wildman–Crippen LogP) is 4.15. The van der Waals surface area contributed by atoms with Gasteiger partial charge in [-0.25, -0.2) is 4.68 Å². The highest BCUT2D eigenvalue weighted by atomic mass is 16.6. The molecule has 2 heterocycles. The van der Waals surface area contributed by atoms with Crippen molar-refractivity contribution >= 4 is 22.5 Å². The second-order valence-corrected chi connectivity index (χ2v) is 7.25. The smallest absolute Gasteiger partial charge is 0.270 e. The first-order valence-electron chi connectivity index (χ1n) is 9.48. The number of carbonyl (C=O) groups excluding carboxylic acids is 1. The van der Waals surface area contributed by atoms with Crippen LogP contribution < -0.4 is 0 Å². The van der Waals surface area contributed by atoms with E-state index in [-0.39, 0.29) is 11.6 Å². The summed E-state index contributed by atoms with van der Waals surface area (Å²) in [6.45, 7) is 4.29. The maximum absolute atomic E-state index is 13.1. The summed E-state index contributed by atoms with van der Waals surface area (Å²) in [6, 6.07) is 14.3. The molecule has 4 aromatic rings. The fourth-order valence-electron chi connectivity index (χ4n) is 3.64. The van der Waals surface area contributed by atoms with E-state index in [4.69, 9.17) is 0 Å². The zero-order valence-electron chi connectivity index (χ0n) is 16.9. The van der Waals surface area contributed by atoms with E-state index in [9.17, 15) is 14.9 Å². The van der Waals surface area contributed by atoms with E-state index in [1.54, 1.807) is 24.2 Å². The first-order chi connectivity index (χ1) is 14.4. The summed E-state index contributed by atoms with van der Waals surface area (Å²) in [5.41, 5.74) is 4.79. The van der Waals surface area contributed by atoms with Gasteiger partial charge >= 0.3 is 0 Å². The molecule has 30 heavy (non-hydrogen) atoms. The molecule has 152 valence electrons. The van der Waals surface area contributed by atoms with Crippen molar-refractivity contribution in [2.75, 3.05) is 7.05 Å². The fraction of sp³-hybridized carbons (Fsp3) is 0.182. The summed E-state index contributed by atoms with van der Waals surface area (Å²) in [5.74, 6) is -0.215. The minimum Gasteiger partial charge on any atom is -0.360 e. The van der Waals surface area contributed by atoms with Crippen molar-refractivity contribution in [1.29, 1.82) is 0 Å². The van der Waals surface area contributed by atoms with Crippen molar-refractivity contribution in [3.8, 4) is 5.69 Å². The summed E-state index contributed by atoms with van der Waals surface area (Å²) in [6.07, 6.45) is 1.60. The van der Waals surface area contributed by atoms with E-state index in [1.807, 2.05) is 48.9 Å². The fourth-order valence-corrected chi connectivity index (χ4v) is 3.64. The second kappa shape index (κ2) is 7.47. The van der Waals surface area contributed by atoms with E-state index >= 15 is 0 Å². The van der Waals surface area contributed by atoms with Gasteiger partial charge in [-0.1, -0.05) is 18.2 Å². The van der Waals surface area contributed by atoms with Gasteiger partial charge in [0.2, 0.25) is 0 Å². The third-order valence-corrected chi connectivity index (χ3v) is 5.29. The Morgan fingerprint density at radius 2 is 1.93 bits per heavy atom. The molecule has 0 fully saturated rings. The van der Waals surface area contributed by atoms with Crippen LogP contribution in [0.1, 0.15) is 27.3 Å². The average molecular weight is 403 g/mol. The molecular formula is C22H21N5O3. The normalized spacial score (nSPS) is 11.0. The van der Waals surface area contributed by atoms with Crippen molar-refractivity contribution in [2.24, 2.45) is 0 Å². The van der Waals surface area contributed by atoms with Crippen LogP contribution in [0.2, 0.25) is 0 Å². The Kier molecular flexibility index (Phi) is 4.83. The van der Waals surface area contributed by atoms with Crippen LogP contribution in [0.3, 0.4) is 0 Å². The van der Waals surface area contributed by atoms with Gasteiger partial charge in [0.25, 0.3) is 11.6 Å². The zero-order valence-corrected chi connectivity index (χ0v) is 16.9. The maximum atomic E-state index is 13.1. The van der Waals surface area contributed by atoms with Crippen molar-refractivity contribution in [1.82, 2.24) is 19.7 Å². The molecule has 0 aliphatic rings. The third-order valence-electron chi connectivity index (χ3n) is 5.29. The number of hydrogen-bond donors (Lipinski definition) is 1. The average Bonchev–Trinajstić information content (AvgIpc) is 3.29. The number of H-pyrrole nitrogens is 1. The molecule has 0 saturated carbocycles. The lowest BCUT2D eigenvalue weighted by Gasteiger charge is -2.17. The number of carbonyl (C=O) groups is 1. The molecule has 1 N–H and O–H groups in total. The van der Waals surface area contributed by atoms with E-state index < -0.39 is 4.92 Å². The molecular weight excluding hydrogens is 382 g/mol. The van der Waals surface area contributed by atoms with Crippen molar-refractivity contribution < 1.29 is 9.72 Å². The highest BCUT2D eigenvalue weighted by molar-refractivity contribution is 6.07. The van der Waals surface area contributed by atoms with Gasteiger partial charge in [0, 0.05) is 54.1 Å². The molecule has 2 aromatic carbocycles. The van der Waals surface area contributed by atoms with Crippen LogP contribution in [0, 0.1) is 24.0 Å². The molecule has 0 atom stereocenters. The SMILES string of the molecule is Cc1nn(-c2ccccc2)c(C)c1CN(C)C(=O)c1c[nH]c2ccc([N+](=O)[O-])cc12. The number of para-hydroxylation sites is 1.